The average molecular weight is 353 g/mol. The van der Waals surface area contributed by atoms with Crippen molar-refractivity contribution in [2.45, 2.75) is 9.79 Å². The van der Waals surface area contributed by atoms with Crippen molar-refractivity contribution in [3.63, 3.8) is 0 Å². The van der Waals surface area contributed by atoms with Crippen molar-refractivity contribution >= 4 is 52.5 Å². The van der Waals surface area contributed by atoms with Gasteiger partial charge in [-0.2, -0.15) is 0 Å². The van der Waals surface area contributed by atoms with Gasteiger partial charge in [0.15, 0.2) is 0 Å². The first kappa shape index (κ1) is 17.1. The summed E-state index contributed by atoms with van der Waals surface area (Å²) in [5, 5.41) is 3.83. The molecule has 0 bridgehead atoms. The fourth-order valence-corrected chi connectivity index (χ4v) is 2.97. The zero-order valence-corrected chi connectivity index (χ0v) is 15.1. The summed E-state index contributed by atoms with van der Waals surface area (Å²) in [5.41, 5.74) is 8.02. The van der Waals surface area contributed by atoms with E-state index in [1.807, 2.05) is 48.2 Å². The van der Waals surface area contributed by atoms with Crippen LogP contribution in [0.3, 0.4) is 0 Å². The quantitative estimate of drug-likeness (QED) is 0.368. The third-order valence-corrected chi connectivity index (χ3v) is 5.02. The lowest BCUT2D eigenvalue weighted by atomic mass is 10.3. The molecule has 6 heteroatoms. The van der Waals surface area contributed by atoms with Crippen LogP contribution in [0.5, 0.6) is 0 Å². The number of rotatable bonds is 4. The van der Waals surface area contributed by atoms with E-state index < -0.39 is 0 Å². The van der Waals surface area contributed by atoms with E-state index in [1.165, 1.54) is 4.90 Å². The minimum absolute atomic E-state index is 0.526. The maximum atomic E-state index is 6.23. The van der Waals surface area contributed by atoms with Gasteiger partial charge in [-0.05, 0) is 48.9 Å². The molecule has 116 valence electrons. The highest BCUT2D eigenvalue weighted by molar-refractivity contribution is 7.98. The molecule has 0 spiro atoms. The number of nitrogens with zero attached hydrogens (tertiary/aromatic N) is 1. The molecular weight excluding hydrogens is 334 g/mol. The van der Waals surface area contributed by atoms with Gasteiger partial charge in [0.1, 0.15) is 11.4 Å². The van der Waals surface area contributed by atoms with Crippen LogP contribution in [0.25, 0.3) is 0 Å². The largest absolute Gasteiger partial charge is 0.353 e. The summed E-state index contributed by atoms with van der Waals surface area (Å²) in [7, 11) is 1.92. The molecule has 2 aromatic carbocycles. The zero-order valence-electron chi connectivity index (χ0n) is 12.8. The van der Waals surface area contributed by atoms with E-state index in [0.29, 0.717) is 11.0 Å². The van der Waals surface area contributed by atoms with Crippen molar-refractivity contribution in [3.8, 4) is 0 Å². The van der Waals surface area contributed by atoms with Gasteiger partial charge in [-0.15, -0.1) is 23.5 Å². The van der Waals surface area contributed by atoms with Crippen LogP contribution in [0.2, 0.25) is 5.02 Å². The Morgan fingerprint density at radius 3 is 2.45 bits per heavy atom. The molecule has 0 heterocycles. The Morgan fingerprint density at radius 1 is 1.09 bits per heavy atom. The van der Waals surface area contributed by atoms with Crippen LogP contribution in [0.4, 0.5) is 11.4 Å². The van der Waals surface area contributed by atoms with Crippen molar-refractivity contribution in [1.82, 2.24) is 0 Å². The van der Waals surface area contributed by atoms with Crippen LogP contribution in [0.1, 0.15) is 0 Å². The average Bonchev–Trinajstić information content (AvgIpc) is 2.56. The van der Waals surface area contributed by atoms with Gasteiger partial charge in [0.2, 0.25) is 0 Å². The summed E-state index contributed by atoms with van der Waals surface area (Å²) < 4.78 is 1.90. The number of nitrogens with one attached hydrogen (secondary N) is 1. The maximum absolute atomic E-state index is 6.23. The van der Waals surface area contributed by atoms with Crippen LogP contribution in [-0.4, -0.2) is 30.1 Å². The first-order valence-corrected chi connectivity index (χ1v) is 9.48. The molecule has 0 aliphatic rings. The number of nitrogens with two attached hydrogens (primary N) is 1. The third-order valence-electron chi connectivity index (χ3n) is 3.24. The highest BCUT2D eigenvalue weighted by Crippen LogP contribution is 2.27. The highest BCUT2D eigenvalue weighted by Gasteiger charge is 2.11. The summed E-state index contributed by atoms with van der Waals surface area (Å²) in [4.78, 5) is 2.33. The topological polar surface area (TPSA) is 41.1 Å². The molecule has 3 N–H and O–H groups in total. The summed E-state index contributed by atoms with van der Waals surface area (Å²) in [6, 6.07) is 14.1. The van der Waals surface area contributed by atoms with Crippen LogP contribution in [0.15, 0.2) is 52.3 Å². The van der Waals surface area contributed by atoms with Crippen molar-refractivity contribution in [2.75, 3.05) is 24.9 Å². The molecule has 2 rings (SSSR count). The highest BCUT2D eigenvalue weighted by atomic mass is 35.5. The Morgan fingerprint density at radius 2 is 1.77 bits per heavy atom. The molecule has 0 amide bonds. The van der Waals surface area contributed by atoms with Crippen molar-refractivity contribution in [2.24, 2.45) is 5.73 Å². The lowest BCUT2D eigenvalue weighted by molar-refractivity contribution is -0.406. The van der Waals surface area contributed by atoms with Crippen LogP contribution in [0, 0.1) is 0 Å². The monoisotopic (exact) mass is 352 g/mol. The molecule has 22 heavy (non-hydrogen) atoms. The summed E-state index contributed by atoms with van der Waals surface area (Å²) in [6.45, 7) is 0. The lowest BCUT2D eigenvalue weighted by Crippen LogP contribution is -2.31. The second kappa shape index (κ2) is 7.81. The fourth-order valence-electron chi connectivity index (χ4n) is 1.91. The molecule has 3 nitrogen and oxygen atoms in total. The number of guanidine groups is 1. The Bertz CT molecular complexity index is 702. The summed E-state index contributed by atoms with van der Waals surface area (Å²) in [5.74, 6) is 0.526. The van der Waals surface area contributed by atoms with Crippen LogP contribution in [-0.2, 0) is 0 Å². The molecule has 0 aromatic heterocycles. The molecule has 0 unspecified atom stereocenters. The molecule has 0 saturated carbocycles. The lowest BCUT2D eigenvalue weighted by Gasteiger charge is -2.09. The fraction of sp³-hybridized carbons (Fsp3) is 0.188. The summed E-state index contributed by atoms with van der Waals surface area (Å²) in [6.07, 6.45) is 4.08. The van der Waals surface area contributed by atoms with Crippen molar-refractivity contribution in [1.29, 1.82) is 0 Å². The van der Waals surface area contributed by atoms with Gasteiger partial charge in [-0.1, -0.05) is 17.7 Å². The van der Waals surface area contributed by atoms with E-state index in [-0.39, 0.29) is 0 Å². The van der Waals surface area contributed by atoms with E-state index in [0.717, 1.165) is 16.3 Å². The molecule has 0 fully saturated rings. The van der Waals surface area contributed by atoms with Crippen molar-refractivity contribution < 1.29 is 4.58 Å². The molecule has 0 aliphatic carbocycles. The van der Waals surface area contributed by atoms with Gasteiger partial charge in [-0.3, -0.25) is 5.73 Å². The number of benzene rings is 2. The van der Waals surface area contributed by atoms with E-state index in [4.69, 9.17) is 17.3 Å². The van der Waals surface area contributed by atoms with Crippen molar-refractivity contribution in [3.05, 3.63) is 47.5 Å². The minimum atomic E-state index is 0.526. The van der Waals surface area contributed by atoms with Gasteiger partial charge >= 0.3 is 5.96 Å². The van der Waals surface area contributed by atoms with Crippen LogP contribution < -0.4 is 11.1 Å². The molecule has 0 aliphatic heterocycles. The maximum Gasteiger partial charge on any atom is 0.353 e. The zero-order chi connectivity index (χ0) is 16.1. The number of halogens is 1. The Kier molecular flexibility index (Phi) is 6.06. The minimum Gasteiger partial charge on any atom is -0.290 e. The number of hydrogen-bond donors (Lipinski definition) is 2. The Labute approximate surface area is 144 Å². The molecule has 0 atom stereocenters. The number of anilines is 1. The van der Waals surface area contributed by atoms with Gasteiger partial charge in [0.25, 0.3) is 0 Å². The van der Waals surface area contributed by atoms with Gasteiger partial charge in [-0.25, -0.2) is 9.89 Å². The van der Waals surface area contributed by atoms with E-state index >= 15 is 0 Å². The predicted octanol–water partition coefficient (Wildman–Crippen LogP) is 4.48. The summed E-state index contributed by atoms with van der Waals surface area (Å²) >= 11 is 9.60. The van der Waals surface area contributed by atoms with E-state index in [2.05, 4.69) is 23.7 Å². The van der Waals surface area contributed by atoms with E-state index in [1.54, 1.807) is 23.5 Å². The van der Waals surface area contributed by atoms with Gasteiger partial charge < -0.3 is 0 Å². The normalized spacial score (nSPS) is 12.0. The van der Waals surface area contributed by atoms with Gasteiger partial charge in [0.05, 0.1) is 12.1 Å². The molecule has 0 radical (unpaired) electrons. The first-order valence-electron chi connectivity index (χ1n) is 6.66. The SMILES string of the molecule is CSc1cccc([N+](C)=C(N)Nc2cc(SC)ccc2Cl)c1. The standard InChI is InChI=1S/C16H18ClN3S2/c1-20(11-5-4-6-12(9-11)21-2)16(18)19-15-10-13(22-3)7-8-14(15)17/h4-10H,1-3H3,(H2,18,19)/p+1. The number of hydrogen-bond acceptors (Lipinski definition) is 2. The smallest absolute Gasteiger partial charge is 0.290 e. The Balaban J connectivity index is 2.31. The Hall–Kier alpha value is -1.30. The molecule has 0 saturated heterocycles. The third kappa shape index (κ3) is 4.12. The second-order valence-electron chi connectivity index (χ2n) is 4.62. The molecular formula is C16H19ClN3S2+. The molecule has 2 aromatic rings. The first-order chi connectivity index (χ1) is 10.5. The number of thioether (sulfide) groups is 2. The second-order valence-corrected chi connectivity index (χ2v) is 6.78. The predicted molar refractivity (Wildman–Crippen MR) is 100 cm³/mol. The van der Waals surface area contributed by atoms with E-state index in [9.17, 15) is 0 Å². The van der Waals surface area contributed by atoms with Gasteiger partial charge in [0, 0.05) is 9.79 Å². The van der Waals surface area contributed by atoms with Crippen LogP contribution >= 0.6 is 35.1 Å².